The standard InChI is InChI=1S/C9H10N2O/c1-2-8-7(5-6(1)12-8)9-10-3-4-11-9/h1-4,6-8H,5H2,(H,10,11). The van der Waals surface area contributed by atoms with E-state index in [0.29, 0.717) is 12.0 Å². The second-order valence-electron chi connectivity index (χ2n) is 3.34. The van der Waals surface area contributed by atoms with E-state index >= 15 is 0 Å². The number of fused-ring (bicyclic) bond motifs is 2. The maximum atomic E-state index is 5.64. The third-order valence-corrected chi connectivity index (χ3v) is 2.60. The van der Waals surface area contributed by atoms with Crippen molar-refractivity contribution in [3.8, 4) is 0 Å². The summed E-state index contributed by atoms with van der Waals surface area (Å²) in [6, 6.07) is 0. The SMILES string of the molecule is C1=CC2OC1CC2c1ncc[nH]1. The Kier molecular flexibility index (Phi) is 1.18. The molecular formula is C9H10N2O. The summed E-state index contributed by atoms with van der Waals surface area (Å²) in [5, 5.41) is 0. The van der Waals surface area contributed by atoms with Crippen molar-refractivity contribution in [3.05, 3.63) is 30.4 Å². The van der Waals surface area contributed by atoms with Crippen molar-refractivity contribution in [1.82, 2.24) is 9.97 Å². The van der Waals surface area contributed by atoms with Gasteiger partial charge in [0.15, 0.2) is 0 Å². The van der Waals surface area contributed by atoms with Gasteiger partial charge in [-0.1, -0.05) is 12.2 Å². The van der Waals surface area contributed by atoms with E-state index in [9.17, 15) is 0 Å². The van der Waals surface area contributed by atoms with Crippen LogP contribution in [0.5, 0.6) is 0 Å². The molecule has 1 aromatic heterocycles. The molecule has 3 nitrogen and oxygen atoms in total. The van der Waals surface area contributed by atoms with Gasteiger partial charge in [-0.3, -0.25) is 0 Å². The fourth-order valence-electron chi connectivity index (χ4n) is 2.02. The number of nitrogens with zero attached hydrogens (tertiary/aromatic N) is 1. The van der Waals surface area contributed by atoms with E-state index in [1.807, 2.05) is 6.20 Å². The van der Waals surface area contributed by atoms with E-state index in [0.717, 1.165) is 12.2 Å². The molecule has 3 unspecified atom stereocenters. The van der Waals surface area contributed by atoms with Gasteiger partial charge in [0, 0.05) is 18.3 Å². The van der Waals surface area contributed by atoms with E-state index < -0.39 is 0 Å². The third-order valence-electron chi connectivity index (χ3n) is 2.60. The molecule has 3 rings (SSSR count). The molecule has 0 aliphatic carbocycles. The van der Waals surface area contributed by atoms with Crippen LogP contribution in [0.15, 0.2) is 24.5 Å². The molecule has 1 aromatic rings. The van der Waals surface area contributed by atoms with Crippen LogP contribution in [0.3, 0.4) is 0 Å². The Morgan fingerprint density at radius 1 is 1.50 bits per heavy atom. The van der Waals surface area contributed by atoms with E-state index in [-0.39, 0.29) is 6.10 Å². The molecule has 1 fully saturated rings. The molecule has 0 spiro atoms. The monoisotopic (exact) mass is 162 g/mol. The third kappa shape index (κ3) is 0.770. The molecule has 62 valence electrons. The highest BCUT2D eigenvalue weighted by Gasteiger charge is 2.38. The van der Waals surface area contributed by atoms with Gasteiger partial charge in [0.05, 0.1) is 12.2 Å². The summed E-state index contributed by atoms with van der Waals surface area (Å²) in [6.45, 7) is 0. The Bertz CT molecular complexity index is 304. The Balaban J connectivity index is 1.92. The van der Waals surface area contributed by atoms with Crippen LogP contribution in [0.2, 0.25) is 0 Å². The maximum Gasteiger partial charge on any atom is 0.112 e. The van der Waals surface area contributed by atoms with Gasteiger partial charge in [0.1, 0.15) is 5.82 Å². The summed E-state index contributed by atoms with van der Waals surface area (Å²) in [7, 11) is 0. The minimum atomic E-state index is 0.265. The first kappa shape index (κ1) is 6.43. The average Bonchev–Trinajstić information content (AvgIpc) is 2.81. The maximum absolute atomic E-state index is 5.64. The van der Waals surface area contributed by atoms with Crippen molar-refractivity contribution in [1.29, 1.82) is 0 Å². The highest BCUT2D eigenvalue weighted by molar-refractivity contribution is 5.19. The average molecular weight is 162 g/mol. The number of aromatic nitrogens is 2. The summed E-state index contributed by atoms with van der Waals surface area (Å²) in [5.74, 6) is 1.52. The van der Waals surface area contributed by atoms with Crippen molar-refractivity contribution in [2.75, 3.05) is 0 Å². The Hall–Kier alpha value is -1.09. The van der Waals surface area contributed by atoms with Gasteiger partial charge < -0.3 is 9.72 Å². The first-order valence-electron chi connectivity index (χ1n) is 4.26. The molecule has 0 radical (unpaired) electrons. The molecule has 0 saturated carbocycles. The van der Waals surface area contributed by atoms with Gasteiger partial charge in [-0.15, -0.1) is 0 Å². The van der Waals surface area contributed by atoms with Gasteiger partial charge in [-0.2, -0.15) is 0 Å². The predicted molar refractivity (Wildman–Crippen MR) is 43.7 cm³/mol. The second-order valence-corrected chi connectivity index (χ2v) is 3.34. The first-order valence-corrected chi connectivity index (χ1v) is 4.26. The van der Waals surface area contributed by atoms with Gasteiger partial charge in [0.25, 0.3) is 0 Å². The summed E-state index contributed by atoms with van der Waals surface area (Å²) in [5.41, 5.74) is 0. The topological polar surface area (TPSA) is 37.9 Å². The Morgan fingerprint density at radius 3 is 3.08 bits per heavy atom. The largest absolute Gasteiger partial charge is 0.366 e. The van der Waals surface area contributed by atoms with Crippen LogP contribution in [0.25, 0.3) is 0 Å². The number of hydrogen-bond acceptors (Lipinski definition) is 2. The molecular weight excluding hydrogens is 152 g/mol. The molecule has 3 heteroatoms. The summed E-state index contributed by atoms with van der Waals surface area (Å²) < 4.78 is 5.64. The molecule has 2 aliphatic heterocycles. The second kappa shape index (κ2) is 2.20. The summed E-state index contributed by atoms with van der Waals surface area (Å²) in [6.07, 6.45) is 9.63. The van der Waals surface area contributed by atoms with Crippen molar-refractivity contribution in [3.63, 3.8) is 0 Å². The van der Waals surface area contributed by atoms with Crippen molar-refractivity contribution >= 4 is 0 Å². The number of H-pyrrole nitrogens is 1. The van der Waals surface area contributed by atoms with Crippen LogP contribution in [0.4, 0.5) is 0 Å². The Labute approximate surface area is 70.5 Å². The molecule has 12 heavy (non-hydrogen) atoms. The van der Waals surface area contributed by atoms with Crippen molar-refractivity contribution in [2.24, 2.45) is 0 Å². The van der Waals surface area contributed by atoms with Gasteiger partial charge in [0.2, 0.25) is 0 Å². The van der Waals surface area contributed by atoms with Crippen LogP contribution < -0.4 is 0 Å². The summed E-state index contributed by atoms with van der Waals surface area (Å²) >= 11 is 0. The smallest absolute Gasteiger partial charge is 0.112 e. The van der Waals surface area contributed by atoms with Crippen LogP contribution in [-0.2, 0) is 4.74 Å². The number of rotatable bonds is 1. The van der Waals surface area contributed by atoms with E-state index in [2.05, 4.69) is 22.1 Å². The molecule has 0 amide bonds. The number of nitrogens with one attached hydrogen (secondary N) is 1. The van der Waals surface area contributed by atoms with Crippen molar-refractivity contribution < 1.29 is 4.74 Å². The zero-order chi connectivity index (χ0) is 7.97. The van der Waals surface area contributed by atoms with Crippen LogP contribution in [0, 0.1) is 0 Å². The normalized spacial score (nSPS) is 37.8. The first-order chi connectivity index (χ1) is 5.93. The quantitative estimate of drug-likeness (QED) is 0.630. The van der Waals surface area contributed by atoms with Crippen LogP contribution in [0.1, 0.15) is 18.2 Å². The van der Waals surface area contributed by atoms with Crippen LogP contribution >= 0.6 is 0 Å². The van der Waals surface area contributed by atoms with E-state index in [1.165, 1.54) is 0 Å². The zero-order valence-corrected chi connectivity index (χ0v) is 6.60. The number of ether oxygens (including phenoxy) is 1. The number of imidazole rings is 1. The molecule has 1 N–H and O–H groups in total. The Morgan fingerprint density at radius 2 is 2.50 bits per heavy atom. The predicted octanol–water partition coefficient (Wildman–Crippen LogP) is 1.22. The lowest BCUT2D eigenvalue weighted by molar-refractivity contribution is 0.116. The highest BCUT2D eigenvalue weighted by Crippen LogP contribution is 2.38. The number of hydrogen-bond donors (Lipinski definition) is 1. The lowest BCUT2D eigenvalue weighted by Gasteiger charge is -2.11. The van der Waals surface area contributed by atoms with E-state index in [4.69, 9.17) is 4.74 Å². The van der Waals surface area contributed by atoms with Crippen molar-refractivity contribution in [2.45, 2.75) is 24.5 Å². The molecule has 3 atom stereocenters. The van der Waals surface area contributed by atoms with E-state index in [1.54, 1.807) is 6.20 Å². The molecule has 1 saturated heterocycles. The minimum absolute atomic E-state index is 0.265. The van der Waals surface area contributed by atoms with Gasteiger partial charge in [-0.05, 0) is 6.42 Å². The lowest BCUT2D eigenvalue weighted by Crippen LogP contribution is -2.12. The highest BCUT2D eigenvalue weighted by atomic mass is 16.5. The van der Waals surface area contributed by atoms with Crippen LogP contribution in [-0.4, -0.2) is 22.2 Å². The molecule has 0 aromatic carbocycles. The van der Waals surface area contributed by atoms with Gasteiger partial charge in [-0.25, -0.2) is 4.98 Å². The number of aromatic amines is 1. The molecule has 2 aliphatic rings. The fourth-order valence-corrected chi connectivity index (χ4v) is 2.02. The van der Waals surface area contributed by atoms with Gasteiger partial charge >= 0.3 is 0 Å². The zero-order valence-electron chi connectivity index (χ0n) is 6.60. The minimum Gasteiger partial charge on any atom is -0.366 e. The lowest BCUT2D eigenvalue weighted by atomic mass is 9.94. The summed E-state index contributed by atoms with van der Waals surface area (Å²) in [4.78, 5) is 7.39. The molecule has 2 bridgehead atoms. The fraction of sp³-hybridized carbons (Fsp3) is 0.444. The molecule has 3 heterocycles.